The Labute approximate surface area is 144 Å². The third kappa shape index (κ3) is 3.55. The van der Waals surface area contributed by atoms with E-state index in [0.717, 1.165) is 5.69 Å². The van der Waals surface area contributed by atoms with E-state index >= 15 is 0 Å². The van der Waals surface area contributed by atoms with E-state index in [2.05, 4.69) is 20.6 Å². The van der Waals surface area contributed by atoms with E-state index in [1.807, 2.05) is 32.0 Å². The molecule has 0 aliphatic carbocycles. The molecule has 128 valence electrons. The number of nitrogens with zero attached hydrogens (tertiary/aromatic N) is 4. The molecule has 7 heteroatoms. The number of carbonyl (C=O) groups excluding carboxylic acids is 1. The number of benzene rings is 1. The van der Waals surface area contributed by atoms with E-state index in [-0.39, 0.29) is 17.4 Å². The van der Waals surface area contributed by atoms with Gasteiger partial charge in [0.2, 0.25) is 5.91 Å². The monoisotopic (exact) mass is 337 g/mol. The summed E-state index contributed by atoms with van der Waals surface area (Å²) in [5.74, 6) is -0.413. The molecule has 7 nitrogen and oxygen atoms in total. The summed E-state index contributed by atoms with van der Waals surface area (Å²) in [5, 5.41) is 11.3. The predicted molar refractivity (Wildman–Crippen MR) is 93.8 cm³/mol. The van der Waals surface area contributed by atoms with Crippen molar-refractivity contribution < 1.29 is 4.79 Å². The molecule has 0 aliphatic heterocycles. The molecule has 1 amide bonds. The van der Waals surface area contributed by atoms with Gasteiger partial charge in [-0.05, 0) is 30.2 Å². The van der Waals surface area contributed by atoms with Crippen molar-refractivity contribution in [1.82, 2.24) is 25.3 Å². The minimum Gasteiger partial charge on any atom is -0.349 e. The molecule has 25 heavy (non-hydrogen) atoms. The van der Waals surface area contributed by atoms with E-state index in [0.29, 0.717) is 17.4 Å². The first kappa shape index (κ1) is 16.8. The van der Waals surface area contributed by atoms with Crippen LogP contribution in [-0.2, 0) is 11.3 Å². The number of carbonyl (C=O) groups is 1. The minimum absolute atomic E-state index is 0.128. The second-order valence-electron chi connectivity index (χ2n) is 6.08. The standard InChI is InChI=1S/C18H19N5O2/c1-12(2)16(17(24)20-11-13-7-5-6-10-19-13)23-18(25)14-8-3-4-9-15(14)21-22-23/h3-10,12,16H,11H2,1-2H3,(H,20,24)/t16-/m0/s1. The number of amides is 1. The summed E-state index contributed by atoms with van der Waals surface area (Å²) < 4.78 is 1.17. The average molecular weight is 337 g/mol. The number of pyridine rings is 1. The van der Waals surface area contributed by atoms with Gasteiger partial charge in [0.1, 0.15) is 11.6 Å². The van der Waals surface area contributed by atoms with Gasteiger partial charge in [-0.25, -0.2) is 0 Å². The molecular formula is C18H19N5O2. The van der Waals surface area contributed by atoms with Crippen molar-refractivity contribution in [2.45, 2.75) is 26.4 Å². The fourth-order valence-electron chi connectivity index (χ4n) is 2.67. The molecule has 0 saturated heterocycles. The van der Waals surface area contributed by atoms with Gasteiger partial charge in [-0.15, -0.1) is 5.10 Å². The Kier molecular flexibility index (Phi) is 4.83. The van der Waals surface area contributed by atoms with Crippen LogP contribution in [0.5, 0.6) is 0 Å². The van der Waals surface area contributed by atoms with Crippen LogP contribution in [0.4, 0.5) is 0 Å². The van der Waals surface area contributed by atoms with Gasteiger partial charge in [0.15, 0.2) is 0 Å². The van der Waals surface area contributed by atoms with Crippen molar-refractivity contribution in [3.63, 3.8) is 0 Å². The number of aromatic nitrogens is 4. The summed E-state index contributed by atoms with van der Waals surface area (Å²) in [5.41, 5.74) is 0.938. The smallest absolute Gasteiger partial charge is 0.278 e. The normalized spacial score (nSPS) is 12.3. The molecule has 0 bridgehead atoms. The van der Waals surface area contributed by atoms with E-state index in [9.17, 15) is 9.59 Å². The Balaban J connectivity index is 1.89. The van der Waals surface area contributed by atoms with E-state index < -0.39 is 6.04 Å². The number of rotatable bonds is 5. The molecule has 1 aromatic carbocycles. The van der Waals surface area contributed by atoms with Crippen LogP contribution >= 0.6 is 0 Å². The van der Waals surface area contributed by atoms with Crippen molar-refractivity contribution >= 4 is 16.8 Å². The molecule has 0 unspecified atom stereocenters. The van der Waals surface area contributed by atoms with Crippen LogP contribution in [-0.4, -0.2) is 25.9 Å². The first-order valence-corrected chi connectivity index (χ1v) is 8.10. The van der Waals surface area contributed by atoms with Crippen LogP contribution in [0.25, 0.3) is 10.9 Å². The molecule has 1 atom stereocenters. The zero-order valence-electron chi connectivity index (χ0n) is 14.1. The minimum atomic E-state index is -0.742. The lowest BCUT2D eigenvalue weighted by Gasteiger charge is -2.21. The number of nitrogens with one attached hydrogen (secondary N) is 1. The van der Waals surface area contributed by atoms with Crippen molar-refractivity contribution in [3.8, 4) is 0 Å². The van der Waals surface area contributed by atoms with Gasteiger partial charge in [-0.3, -0.25) is 14.6 Å². The summed E-state index contributed by atoms with van der Waals surface area (Å²) in [6.07, 6.45) is 1.67. The third-order valence-electron chi connectivity index (χ3n) is 3.92. The van der Waals surface area contributed by atoms with Gasteiger partial charge in [0, 0.05) is 6.20 Å². The van der Waals surface area contributed by atoms with Crippen molar-refractivity contribution in [1.29, 1.82) is 0 Å². The van der Waals surface area contributed by atoms with Crippen LogP contribution in [0.15, 0.2) is 53.5 Å². The van der Waals surface area contributed by atoms with Crippen LogP contribution < -0.4 is 10.9 Å². The van der Waals surface area contributed by atoms with Gasteiger partial charge in [0.25, 0.3) is 5.56 Å². The van der Waals surface area contributed by atoms with Crippen molar-refractivity contribution in [2.75, 3.05) is 0 Å². The maximum Gasteiger partial charge on any atom is 0.278 e. The maximum absolute atomic E-state index is 12.7. The van der Waals surface area contributed by atoms with Gasteiger partial charge in [-0.1, -0.05) is 37.3 Å². The van der Waals surface area contributed by atoms with E-state index in [1.54, 1.807) is 30.5 Å². The average Bonchev–Trinajstić information content (AvgIpc) is 2.63. The Morgan fingerprint density at radius 1 is 1.16 bits per heavy atom. The molecule has 0 fully saturated rings. The maximum atomic E-state index is 12.7. The topological polar surface area (TPSA) is 89.8 Å². The highest BCUT2D eigenvalue weighted by Gasteiger charge is 2.27. The van der Waals surface area contributed by atoms with Crippen LogP contribution in [0, 0.1) is 5.92 Å². The van der Waals surface area contributed by atoms with E-state index in [4.69, 9.17) is 0 Å². The van der Waals surface area contributed by atoms with E-state index in [1.165, 1.54) is 4.68 Å². The number of fused-ring (bicyclic) bond motifs is 1. The fraction of sp³-hybridized carbons (Fsp3) is 0.278. The highest BCUT2D eigenvalue weighted by atomic mass is 16.2. The Morgan fingerprint density at radius 2 is 1.92 bits per heavy atom. The summed E-state index contributed by atoms with van der Waals surface area (Å²) in [4.78, 5) is 29.6. The van der Waals surface area contributed by atoms with Crippen LogP contribution in [0.3, 0.4) is 0 Å². The van der Waals surface area contributed by atoms with Gasteiger partial charge >= 0.3 is 0 Å². The molecule has 2 aromatic heterocycles. The molecule has 0 aliphatic rings. The van der Waals surface area contributed by atoms with Crippen molar-refractivity contribution in [3.05, 3.63) is 64.7 Å². The quantitative estimate of drug-likeness (QED) is 0.765. The highest BCUT2D eigenvalue weighted by Crippen LogP contribution is 2.16. The fourth-order valence-corrected chi connectivity index (χ4v) is 2.67. The Bertz CT molecular complexity index is 937. The summed E-state index contributed by atoms with van der Waals surface area (Å²) in [6.45, 7) is 4.03. The first-order valence-electron chi connectivity index (χ1n) is 8.10. The SMILES string of the molecule is CC(C)[C@@H](C(=O)NCc1ccccn1)n1nnc2ccccc2c1=O. The highest BCUT2D eigenvalue weighted by molar-refractivity contribution is 5.81. The van der Waals surface area contributed by atoms with Crippen molar-refractivity contribution in [2.24, 2.45) is 5.92 Å². The Morgan fingerprint density at radius 3 is 2.64 bits per heavy atom. The Hall–Kier alpha value is -3.09. The molecule has 3 rings (SSSR count). The zero-order chi connectivity index (χ0) is 17.8. The summed E-state index contributed by atoms with van der Waals surface area (Å²) >= 11 is 0. The van der Waals surface area contributed by atoms with Crippen LogP contribution in [0.1, 0.15) is 25.6 Å². The second-order valence-corrected chi connectivity index (χ2v) is 6.08. The van der Waals surface area contributed by atoms with Gasteiger partial charge in [-0.2, -0.15) is 4.68 Å². The molecule has 0 radical (unpaired) electrons. The largest absolute Gasteiger partial charge is 0.349 e. The molecule has 3 aromatic rings. The first-order chi connectivity index (χ1) is 12.1. The molecule has 0 spiro atoms. The lowest BCUT2D eigenvalue weighted by atomic mass is 10.0. The molecule has 0 saturated carbocycles. The van der Waals surface area contributed by atoms with Gasteiger partial charge in [0.05, 0.1) is 17.6 Å². The van der Waals surface area contributed by atoms with Crippen LogP contribution in [0.2, 0.25) is 0 Å². The molecule has 1 N–H and O–H groups in total. The summed E-state index contributed by atoms with van der Waals surface area (Å²) in [7, 11) is 0. The summed E-state index contributed by atoms with van der Waals surface area (Å²) in [6, 6.07) is 11.7. The lowest BCUT2D eigenvalue weighted by molar-refractivity contribution is -0.126. The predicted octanol–water partition coefficient (Wildman–Crippen LogP) is 1.70. The zero-order valence-corrected chi connectivity index (χ0v) is 14.1. The number of hydrogen-bond donors (Lipinski definition) is 1. The molecule has 2 heterocycles. The lowest BCUT2D eigenvalue weighted by Crippen LogP contribution is -2.41. The second kappa shape index (κ2) is 7.21. The third-order valence-corrected chi connectivity index (χ3v) is 3.92. The number of hydrogen-bond acceptors (Lipinski definition) is 5. The van der Waals surface area contributed by atoms with Gasteiger partial charge < -0.3 is 5.32 Å². The molecular weight excluding hydrogens is 318 g/mol.